The van der Waals surface area contributed by atoms with E-state index < -0.39 is 23.8 Å². The van der Waals surface area contributed by atoms with Gasteiger partial charge in [-0.15, -0.1) is 0 Å². The molecule has 1 N–H and O–H groups in total. The number of anilines is 1. The summed E-state index contributed by atoms with van der Waals surface area (Å²) in [4.78, 5) is 38.6. The van der Waals surface area contributed by atoms with Gasteiger partial charge >= 0.3 is 6.03 Å². The molecule has 2 heterocycles. The van der Waals surface area contributed by atoms with Crippen LogP contribution < -0.4 is 5.32 Å². The minimum atomic E-state index is -0.522. The molecule has 4 amide bonds. The first kappa shape index (κ1) is 14.5. The van der Waals surface area contributed by atoms with Gasteiger partial charge in [0, 0.05) is 12.2 Å². The Bertz CT molecular complexity index is 639. The fourth-order valence-electron chi connectivity index (χ4n) is 2.84. The maximum Gasteiger partial charge on any atom is 0.327 e. The molecule has 6 nitrogen and oxygen atoms in total. The topological polar surface area (TPSA) is 69.7 Å². The maximum absolute atomic E-state index is 13.4. The molecule has 7 heteroatoms. The van der Waals surface area contributed by atoms with Gasteiger partial charge in [-0.25, -0.2) is 9.18 Å². The number of rotatable bonds is 3. The Balaban J connectivity index is 1.66. The minimum absolute atomic E-state index is 0.299. The van der Waals surface area contributed by atoms with Crippen LogP contribution in [0.5, 0.6) is 0 Å². The molecule has 2 fully saturated rings. The van der Waals surface area contributed by atoms with Gasteiger partial charge in [0.2, 0.25) is 5.91 Å². The van der Waals surface area contributed by atoms with Gasteiger partial charge in [-0.3, -0.25) is 14.5 Å². The molecule has 22 heavy (non-hydrogen) atoms. The molecule has 0 aromatic heterocycles. The van der Waals surface area contributed by atoms with E-state index in [1.54, 1.807) is 19.1 Å². The lowest BCUT2D eigenvalue weighted by atomic mass is 10.2. The normalized spacial score (nSPS) is 20.5. The first-order valence-electron chi connectivity index (χ1n) is 7.15. The lowest BCUT2D eigenvalue weighted by Gasteiger charge is -2.15. The third-order valence-corrected chi connectivity index (χ3v) is 4.04. The molecular formula is C15H16FN3O3. The average molecular weight is 305 g/mol. The molecule has 1 aromatic rings. The van der Waals surface area contributed by atoms with Crippen molar-refractivity contribution in [1.82, 2.24) is 9.80 Å². The van der Waals surface area contributed by atoms with Crippen molar-refractivity contribution in [2.75, 3.05) is 18.4 Å². The summed E-state index contributed by atoms with van der Waals surface area (Å²) >= 11 is 0. The van der Waals surface area contributed by atoms with E-state index in [0.717, 1.165) is 11.3 Å². The molecule has 1 aromatic carbocycles. The highest BCUT2D eigenvalue weighted by Gasteiger charge is 2.47. The van der Waals surface area contributed by atoms with Crippen LogP contribution in [-0.4, -0.2) is 46.8 Å². The highest BCUT2D eigenvalue weighted by atomic mass is 19.1. The van der Waals surface area contributed by atoms with Gasteiger partial charge in [0.1, 0.15) is 18.4 Å². The second-order valence-corrected chi connectivity index (χ2v) is 5.57. The molecule has 1 atom stereocenters. The molecule has 0 bridgehead atoms. The summed E-state index contributed by atoms with van der Waals surface area (Å²) in [5.41, 5.74) is 0.774. The van der Waals surface area contributed by atoms with Crippen LogP contribution in [0.1, 0.15) is 18.4 Å². The number of aryl methyl sites for hydroxylation is 1. The third kappa shape index (κ3) is 2.43. The number of benzene rings is 1. The number of urea groups is 1. The van der Waals surface area contributed by atoms with Crippen molar-refractivity contribution in [3.8, 4) is 0 Å². The van der Waals surface area contributed by atoms with E-state index in [-0.39, 0.29) is 12.5 Å². The lowest BCUT2D eigenvalue weighted by Crippen LogP contribution is -2.39. The number of amides is 4. The van der Waals surface area contributed by atoms with E-state index >= 15 is 0 Å². The van der Waals surface area contributed by atoms with Crippen molar-refractivity contribution in [1.29, 1.82) is 0 Å². The van der Waals surface area contributed by atoms with Crippen LogP contribution >= 0.6 is 0 Å². The van der Waals surface area contributed by atoms with Gasteiger partial charge in [-0.1, -0.05) is 6.07 Å². The molecule has 0 saturated carbocycles. The number of nitrogens with one attached hydrogen (secondary N) is 1. The predicted octanol–water partition coefficient (Wildman–Crippen LogP) is 1.50. The standard InChI is InChI=1S/C15H16FN3O3/c1-9-4-5-10(7-11(9)16)17-13(20)8-19-14(21)12-3-2-6-18(12)15(19)22/h4-5,7,12H,2-3,6,8H2,1H3,(H,17,20)/t12-/m1/s1. The van der Waals surface area contributed by atoms with E-state index in [1.807, 2.05) is 0 Å². The predicted molar refractivity (Wildman–Crippen MR) is 76.6 cm³/mol. The lowest BCUT2D eigenvalue weighted by molar-refractivity contribution is -0.131. The number of nitrogens with zero attached hydrogens (tertiary/aromatic N) is 2. The summed E-state index contributed by atoms with van der Waals surface area (Å²) in [6, 6.07) is 3.49. The molecular weight excluding hydrogens is 289 g/mol. The Morgan fingerprint density at radius 2 is 2.18 bits per heavy atom. The van der Waals surface area contributed by atoms with Crippen molar-refractivity contribution in [3.05, 3.63) is 29.6 Å². The molecule has 0 aliphatic carbocycles. The third-order valence-electron chi connectivity index (χ3n) is 4.04. The molecule has 0 unspecified atom stereocenters. The average Bonchev–Trinajstić information content (AvgIpc) is 3.03. The summed E-state index contributed by atoms with van der Waals surface area (Å²) in [6.45, 7) is 1.83. The fourth-order valence-corrected chi connectivity index (χ4v) is 2.84. The van der Waals surface area contributed by atoms with Gasteiger partial charge in [-0.2, -0.15) is 0 Å². The highest BCUT2D eigenvalue weighted by molar-refractivity contribution is 6.08. The van der Waals surface area contributed by atoms with Gasteiger partial charge < -0.3 is 10.2 Å². The Labute approximate surface area is 126 Å². The fraction of sp³-hybridized carbons (Fsp3) is 0.400. The van der Waals surface area contributed by atoms with Crippen LogP contribution in [0.15, 0.2) is 18.2 Å². The monoisotopic (exact) mass is 305 g/mol. The van der Waals surface area contributed by atoms with E-state index in [2.05, 4.69) is 5.32 Å². The van der Waals surface area contributed by atoms with Crippen LogP contribution in [0, 0.1) is 12.7 Å². The summed E-state index contributed by atoms with van der Waals surface area (Å²) < 4.78 is 13.4. The van der Waals surface area contributed by atoms with Gasteiger partial charge in [0.05, 0.1) is 0 Å². The number of fused-ring (bicyclic) bond motifs is 1. The number of halogens is 1. The largest absolute Gasteiger partial charge is 0.327 e. The zero-order valence-corrected chi connectivity index (χ0v) is 12.1. The number of imide groups is 1. The van der Waals surface area contributed by atoms with Crippen LogP contribution in [0.4, 0.5) is 14.9 Å². The molecule has 2 aliphatic heterocycles. The minimum Gasteiger partial charge on any atom is -0.324 e. The van der Waals surface area contributed by atoms with Crippen LogP contribution in [-0.2, 0) is 9.59 Å². The van der Waals surface area contributed by atoms with Crippen molar-refractivity contribution in [3.63, 3.8) is 0 Å². The Kier molecular flexibility index (Phi) is 3.56. The van der Waals surface area contributed by atoms with Gasteiger partial charge in [0.15, 0.2) is 0 Å². The summed E-state index contributed by atoms with van der Waals surface area (Å²) in [5, 5.41) is 2.50. The quantitative estimate of drug-likeness (QED) is 0.860. The Morgan fingerprint density at radius 1 is 1.41 bits per heavy atom. The van der Waals surface area contributed by atoms with E-state index in [9.17, 15) is 18.8 Å². The molecule has 3 rings (SSSR count). The Morgan fingerprint density at radius 3 is 2.86 bits per heavy atom. The molecule has 2 saturated heterocycles. The maximum atomic E-state index is 13.4. The van der Waals surface area contributed by atoms with Crippen LogP contribution in [0.2, 0.25) is 0 Å². The van der Waals surface area contributed by atoms with Crippen molar-refractivity contribution in [2.24, 2.45) is 0 Å². The van der Waals surface area contributed by atoms with Crippen molar-refractivity contribution in [2.45, 2.75) is 25.8 Å². The summed E-state index contributed by atoms with van der Waals surface area (Å²) in [6.07, 6.45) is 1.46. The van der Waals surface area contributed by atoms with Crippen molar-refractivity contribution >= 4 is 23.5 Å². The smallest absolute Gasteiger partial charge is 0.324 e. The van der Waals surface area contributed by atoms with Crippen molar-refractivity contribution < 1.29 is 18.8 Å². The van der Waals surface area contributed by atoms with Gasteiger partial charge in [0.25, 0.3) is 5.91 Å². The highest BCUT2D eigenvalue weighted by Crippen LogP contribution is 2.27. The first-order valence-corrected chi connectivity index (χ1v) is 7.15. The first-order chi connectivity index (χ1) is 10.5. The molecule has 0 radical (unpaired) electrons. The number of hydrogen-bond donors (Lipinski definition) is 1. The zero-order chi connectivity index (χ0) is 15.9. The number of hydrogen-bond acceptors (Lipinski definition) is 3. The van der Waals surface area contributed by atoms with Gasteiger partial charge in [-0.05, 0) is 37.5 Å². The molecule has 0 spiro atoms. The number of carbonyl (C=O) groups excluding carboxylic acids is 3. The van der Waals surface area contributed by atoms with E-state index in [0.29, 0.717) is 24.2 Å². The van der Waals surface area contributed by atoms with E-state index in [4.69, 9.17) is 0 Å². The SMILES string of the molecule is Cc1ccc(NC(=O)CN2C(=O)[C@H]3CCCN3C2=O)cc1F. The van der Waals surface area contributed by atoms with Crippen LogP contribution in [0.3, 0.4) is 0 Å². The zero-order valence-electron chi connectivity index (χ0n) is 12.1. The molecule has 116 valence electrons. The summed E-state index contributed by atoms with van der Waals surface area (Å²) in [5.74, 6) is -1.27. The second kappa shape index (κ2) is 5.40. The van der Waals surface area contributed by atoms with Crippen LogP contribution in [0.25, 0.3) is 0 Å². The Hall–Kier alpha value is -2.44. The summed E-state index contributed by atoms with van der Waals surface area (Å²) in [7, 11) is 0. The number of carbonyl (C=O) groups is 3. The second-order valence-electron chi connectivity index (χ2n) is 5.57. The molecule has 2 aliphatic rings. The van der Waals surface area contributed by atoms with E-state index in [1.165, 1.54) is 11.0 Å².